The summed E-state index contributed by atoms with van der Waals surface area (Å²) in [6.07, 6.45) is 3.38. The molecule has 0 bridgehead atoms. The Bertz CT molecular complexity index is 490. The van der Waals surface area contributed by atoms with Crippen molar-refractivity contribution < 1.29 is 0 Å². The number of aromatic nitrogens is 2. The number of hydrogen-bond acceptors (Lipinski definition) is 1. The quantitative estimate of drug-likeness (QED) is 0.757. The van der Waals surface area contributed by atoms with Gasteiger partial charge in [-0.05, 0) is 32.3 Å². The zero-order chi connectivity index (χ0) is 12.3. The first-order chi connectivity index (χ1) is 8.26. The van der Waals surface area contributed by atoms with Crippen LogP contribution in [0.2, 0.25) is 0 Å². The maximum atomic E-state index is 4.71. The van der Waals surface area contributed by atoms with E-state index in [4.69, 9.17) is 5.10 Å². The van der Waals surface area contributed by atoms with E-state index < -0.39 is 0 Å². The highest BCUT2D eigenvalue weighted by Gasteiger charge is 2.10. The summed E-state index contributed by atoms with van der Waals surface area (Å²) in [7, 11) is 0. The summed E-state index contributed by atoms with van der Waals surface area (Å²) in [4.78, 5) is 0.605. The van der Waals surface area contributed by atoms with E-state index >= 15 is 0 Å². The summed E-state index contributed by atoms with van der Waals surface area (Å²) in [6, 6.07) is 8.51. The van der Waals surface area contributed by atoms with Crippen molar-refractivity contribution in [3.05, 3.63) is 30.0 Å². The van der Waals surface area contributed by atoms with E-state index in [2.05, 4.69) is 58.7 Å². The number of aryl methyl sites for hydroxylation is 2. The molecule has 1 atom stereocenters. The number of halogens is 1. The maximum Gasteiger partial charge on any atom is 0.0703 e. The highest BCUT2D eigenvalue weighted by molar-refractivity contribution is 9.09. The molecule has 17 heavy (non-hydrogen) atoms. The molecule has 2 rings (SSSR count). The van der Waals surface area contributed by atoms with E-state index in [1.165, 1.54) is 23.0 Å². The molecular weight excluding hydrogens is 276 g/mol. The lowest BCUT2D eigenvalue weighted by atomic mass is 10.1. The van der Waals surface area contributed by atoms with Crippen LogP contribution in [0.5, 0.6) is 0 Å². The number of hydrogen-bond donors (Lipinski definition) is 0. The Labute approximate surface area is 111 Å². The second-order valence-electron chi connectivity index (χ2n) is 4.32. The fourth-order valence-electron chi connectivity index (χ4n) is 2.12. The van der Waals surface area contributed by atoms with Crippen molar-refractivity contribution in [1.29, 1.82) is 0 Å². The second-order valence-corrected chi connectivity index (χ2v) is 5.62. The van der Waals surface area contributed by atoms with Crippen LogP contribution in [0.25, 0.3) is 10.9 Å². The van der Waals surface area contributed by atoms with Crippen LogP contribution >= 0.6 is 15.9 Å². The molecule has 0 aliphatic carbocycles. The Morgan fingerprint density at radius 3 is 2.76 bits per heavy atom. The Hall–Kier alpha value is -0.830. The number of rotatable bonds is 5. The van der Waals surface area contributed by atoms with Crippen LogP contribution in [-0.4, -0.2) is 14.6 Å². The minimum Gasteiger partial charge on any atom is -0.265 e. The molecule has 0 radical (unpaired) electrons. The van der Waals surface area contributed by atoms with E-state index in [9.17, 15) is 0 Å². The summed E-state index contributed by atoms with van der Waals surface area (Å²) in [5, 5.41) is 6.02. The number of benzene rings is 1. The van der Waals surface area contributed by atoms with Gasteiger partial charge in [-0.1, -0.05) is 41.1 Å². The van der Waals surface area contributed by atoms with E-state index in [0.29, 0.717) is 4.83 Å². The molecule has 1 heterocycles. The molecule has 1 unspecified atom stereocenters. The van der Waals surface area contributed by atoms with Crippen LogP contribution < -0.4 is 0 Å². The van der Waals surface area contributed by atoms with Gasteiger partial charge in [-0.25, -0.2) is 0 Å². The zero-order valence-electron chi connectivity index (χ0n) is 10.5. The molecule has 0 saturated carbocycles. The van der Waals surface area contributed by atoms with Crippen molar-refractivity contribution in [3.63, 3.8) is 0 Å². The van der Waals surface area contributed by atoms with Gasteiger partial charge in [-0.2, -0.15) is 5.10 Å². The monoisotopic (exact) mass is 294 g/mol. The summed E-state index contributed by atoms with van der Waals surface area (Å²) >= 11 is 3.69. The van der Waals surface area contributed by atoms with Gasteiger partial charge in [0.25, 0.3) is 0 Å². The van der Waals surface area contributed by atoms with Gasteiger partial charge in [0, 0.05) is 16.8 Å². The highest BCUT2D eigenvalue weighted by Crippen LogP contribution is 2.21. The third kappa shape index (κ3) is 2.71. The molecule has 0 fully saturated rings. The minimum absolute atomic E-state index is 0.605. The lowest BCUT2D eigenvalue weighted by Gasteiger charge is -2.04. The first-order valence-electron chi connectivity index (χ1n) is 6.34. The molecule has 1 aromatic heterocycles. The van der Waals surface area contributed by atoms with E-state index in [1.54, 1.807) is 0 Å². The van der Waals surface area contributed by atoms with Crippen molar-refractivity contribution in [2.75, 3.05) is 0 Å². The molecular formula is C14H19BrN2. The molecule has 0 spiro atoms. The highest BCUT2D eigenvalue weighted by atomic mass is 79.9. The van der Waals surface area contributed by atoms with Gasteiger partial charge in [0.2, 0.25) is 0 Å². The van der Waals surface area contributed by atoms with Crippen molar-refractivity contribution in [2.45, 2.75) is 44.5 Å². The van der Waals surface area contributed by atoms with Gasteiger partial charge in [0.05, 0.1) is 11.2 Å². The molecule has 3 heteroatoms. The topological polar surface area (TPSA) is 17.8 Å². The van der Waals surface area contributed by atoms with Gasteiger partial charge in [0.15, 0.2) is 0 Å². The summed E-state index contributed by atoms with van der Waals surface area (Å²) < 4.78 is 2.10. The maximum absolute atomic E-state index is 4.71. The number of fused-ring (bicyclic) bond motifs is 1. The minimum atomic E-state index is 0.605. The molecule has 92 valence electrons. The molecule has 0 N–H and O–H groups in total. The van der Waals surface area contributed by atoms with E-state index in [-0.39, 0.29) is 0 Å². The van der Waals surface area contributed by atoms with E-state index in [0.717, 1.165) is 19.4 Å². The van der Waals surface area contributed by atoms with Crippen molar-refractivity contribution in [3.8, 4) is 0 Å². The summed E-state index contributed by atoms with van der Waals surface area (Å²) in [5.41, 5.74) is 2.49. The molecule has 2 nitrogen and oxygen atoms in total. The smallest absolute Gasteiger partial charge is 0.0703 e. The lowest BCUT2D eigenvalue weighted by Crippen LogP contribution is -2.00. The van der Waals surface area contributed by atoms with Gasteiger partial charge in [0.1, 0.15) is 0 Å². The average Bonchev–Trinajstić information content (AvgIpc) is 2.74. The first-order valence-corrected chi connectivity index (χ1v) is 7.26. The van der Waals surface area contributed by atoms with Crippen LogP contribution in [0, 0.1) is 0 Å². The molecule has 0 aliphatic heterocycles. The van der Waals surface area contributed by atoms with Crippen molar-refractivity contribution in [1.82, 2.24) is 9.78 Å². The standard InChI is InChI=1S/C14H19BrN2/c1-3-11(15)9-10-13-12-7-5-6-8-14(12)17(4-2)16-13/h5-8,11H,3-4,9-10H2,1-2H3. The lowest BCUT2D eigenvalue weighted by molar-refractivity contribution is 0.654. The van der Waals surface area contributed by atoms with Gasteiger partial charge < -0.3 is 0 Å². The zero-order valence-corrected chi connectivity index (χ0v) is 12.1. The van der Waals surface area contributed by atoms with Crippen molar-refractivity contribution in [2.24, 2.45) is 0 Å². The average molecular weight is 295 g/mol. The van der Waals surface area contributed by atoms with Gasteiger partial charge in [-0.3, -0.25) is 4.68 Å². The molecule has 0 aliphatic rings. The van der Waals surface area contributed by atoms with Gasteiger partial charge >= 0.3 is 0 Å². The fraction of sp³-hybridized carbons (Fsp3) is 0.500. The molecule has 0 amide bonds. The largest absolute Gasteiger partial charge is 0.265 e. The van der Waals surface area contributed by atoms with Crippen molar-refractivity contribution >= 4 is 26.8 Å². The normalized spacial score (nSPS) is 13.1. The predicted molar refractivity (Wildman–Crippen MR) is 76.7 cm³/mol. The van der Waals surface area contributed by atoms with Gasteiger partial charge in [-0.15, -0.1) is 0 Å². The SMILES string of the molecule is CCC(Br)CCc1nn(CC)c2ccccc12. The summed E-state index contributed by atoms with van der Waals surface area (Å²) in [6.45, 7) is 5.29. The van der Waals surface area contributed by atoms with Crippen LogP contribution in [0.1, 0.15) is 32.4 Å². The third-order valence-electron chi connectivity index (χ3n) is 3.17. The Morgan fingerprint density at radius 1 is 1.29 bits per heavy atom. The predicted octanol–water partition coefficient (Wildman–Crippen LogP) is 4.16. The van der Waals surface area contributed by atoms with Crippen LogP contribution in [0.3, 0.4) is 0 Å². The Morgan fingerprint density at radius 2 is 2.06 bits per heavy atom. The Balaban J connectivity index is 2.28. The van der Waals surface area contributed by atoms with Crippen LogP contribution in [0.15, 0.2) is 24.3 Å². The Kier molecular flexibility index (Phi) is 4.21. The molecule has 0 saturated heterocycles. The van der Waals surface area contributed by atoms with E-state index in [1.807, 2.05) is 0 Å². The second kappa shape index (κ2) is 5.67. The fourth-order valence-corrected chi connectivity index (χ4v) is 2.35. The first kappa shape index (κ1) is 12.6. The van der Waals surface area contributed by atoms with Crippen LogP contribution in [0.4, 0.5) is 0 Å². The molecule has 2 aromatic rings. The number of nitrogens with zero attached hydrogens (tertiary/aromatic N) is 2. The third-order valence-corrected chi connectivity index (χ3v) is 4.28. The number of para-hydroxylation sites is 1. The summed E-state index contributed by atoms with van der Waals surface area (Å²) in [5.74, 6) is 0. The number of alkyl halides is 1. The molecule has 1 aromatic carbocycles. The van der Waals surface area contributed by atoms with Crippen LogP contribution in [-0.2, 0) is 13.0 Å².